The molecule has 0 radical (unpaired) electrons. The normalized spacial score (nSPS) is 11.4. The van der Waals surface area contributed by atoms with Crippen molar-refractivity contribution in [1.82, 2.24) is 14.2 Å². The number of fused-ring (bicyclic) bond motifs is 1. The van der Waals surface area contributed by atoms with Crippen LogP contribution in [0.25, 0.3) is 16.9 Å². The van der Waals surface area contributed by atoms with Crippen LogP contribution in [0.5, 0.6) is 5.75 Å². The Morgan fingerprint density at radius 2 is 1.97 bits per heavy atom. The molecule has 0 saturated carbocycles. The lowest BCUT2D eigenvalue weighted by atomic mass is 9.95. The molecule has 0 aliphatic heterocycles. The van der Waals surface area contributed by atoms with Gasteiger partial charge in [-0.1, -0.05) is 25.4 Å². The van der Waals surface area contributed by atoms with Gasteiger partial charge in [0.15, 0.2) is 5.82 Å². The average Bonchev–Trinajstić information content (AvgIpc) is 3.01. The van der Waals surface area contributed by atoms with Gasteiger partial charge in [0.1, 0.15) is 17.8 Å². The third kappa shape index (κ3) is 3.74. The van der Waals surface area contributed by atoms with Gasteiger partial charge in [0.2, 0.25) is 0 Å². The minimum atomic E-state index is -1.13. The summed E-state index contributed by atoms with van der Waals surface area (Å²) < 4.78 is 7.95. The maximum atomic E-state index is 13.4. The number of hydrogen-bond acceptors (Lipinski definition) is 4. The lowest BCUT2D eigenvalue weighted by Crippen LogP contribution is -2.29. The summed E-state index contributed by atoms with van der Waals surface area (Å²) in [6.07, 6.45) is 1.75. The summed E-state index contributed by atoms with van der Waals surface area (Å²) in [5.41, 5.74) is 2.21. The second kappa shape index (κ2) is 8.29. The smallest absolute Gasteiger partial charge is 0.323 e. The molecule has 0 bridgehead atoms. The quantitative estimate of drug-likeness (QED) is 0.624. The van der Waals surface area contributed by atoms with Crippen LogP contribution in [0.4, 0.5) is 0 Å². The number of ether oxygens (including phenoxy) is 1. The second-order valence-corrected chi connectivity index (χ2v) is 7.38. The molecule has 0 aliphatic carbocycles. The van der Waals surface area contributed by atoms with Crippen LogP contribution in [0.2, 0.25) is 5.02 Å². The maximum Gasteiger partial charge on any atom is 0.323 e. The fraction of sp³-hybridized carbons (Fsp3) is 0.381. The van der Waals surface area contributed by atoms with Crippen molar-refractivity contribution >= 4 is 23.1 Å². The number of nitrogens with zero attached hydrogens (tertiary/aromatic N) is 3. The predicted octanol–water partition coefficient (Wildman–Crippen LogP) is 4.12. The monoisotopic (exact) mass is 417 g/mol. The van der Waals surface area contributed by atoms with Gasteiger partial charge in [-0.25, -0.2) is 4.52 Å². The molecule has 0 fully saturated rings. The lowest BCUT2D eigenvalue weighted by molar-refractivity contribution is -0.137. The molecule has 29 heavy (non-hydrogen) atoms. The zero-order valence-electron chi connectivity index (χ0n) is 16.9. The van der Waals surface area contributed by atoms with Crippen molar-refractivity contribution in [3.05, 3.63) is 50.9 Å². The fourth-order valence-corrected chi connectivity index (χ4v) is 3.95. The molecule has 3 aromatic rings. The third-order valence-corrected chi connectivity index (χ3v) is 5.53. The highest BCUT2D eigenvalue weighted by molar-refractivity contribution is 6.33. The largest absolute Gasteiger partial charge is 0.497 e. The van der Waals surface area contributed by atoms with Gasteiger partial charge < -0.3 is 9.84 Å². The number of halogens is 1. The number of benzene rings is 1. The fourth-order valence-electron chi connectivity index (χ4n) is 3.69. The van der Waals surface area contributed by atoms with Gasteiger partial charge in [0.25, 0.3) is 5.56 Å². The zero-order valence-corrected chi connectivity index (χ0v) is 17.7. The molecule has 0 spiro atoms. The minimum absolute atomic E-state index is 0.196. The van der Waals surface area contributed by atoms with Gasteiger partial charge in [-0.2, -0.15) is 0 Å². The standard InChI is InChI=1S/C21H24ClN3O4/c1-5-13(6-2)16-9-12(3)25-19(16)21(28)24(11-18(26)27)20(23-25)15-8-7-14(29-4)10-17(15)22/h7-10,13H,5-6,11H2,1-4H3,(H,26,27). The molecule has 8 heteroatoms. The second-order valence-electron chi connectivity index (χ2n) is 6.97. The topological polar surface area (TPSA) is 85.8 Å². The van der Waals surface area contributed by atoms with E-state index in [9.17, 15) is 14.7 Å². The van der Waals surface area contributed by atoms with Crippen LogP contribution in [-0.2, 0) is 11.3 Å². The molecule has 154 valence electrons. The summed E-state index contributed by atoms with van der Waals surface area (Å²) in [6, 6.07) is 6.94. The van der Waals surface area contributed by atoms with E-state index in [1.165, 1.54) is 11.7 Å². The van der Waals surface area contributed by atoms with E-state index in [1.54, 1.807) is 22.7 Å². The van der Waals surface area contributed by atoms with Crippen LogP contribution in [0.3, 0.4) is 0 Å². The number of hydrogen-bond donors (Lipinski definition) is 1. The number of rotatable bonds is 7. The van der Waals surface area contributed by atoms with Crippen LogP contribution in [0, 0.1) is 6.92 Å². The molecule has 2 aromatic heterocycles. The average molecular weight is 418 g/mol. The number of aryl methyl sites for hydroxylation is 1. The highest BCUT2D eigenvalue weighted by atomic mass is 35.5. The van der Waals surface area contributed by atoms with E-state index in [0.717, 1.165) is 24.1 Å². The summed E-state index contributed by atoms with van der Waals surface area (Å²) in [5, 5.41) is 14.4. The highest BCUT2D eigenvalue weighted by Crippen LogP contribution is 2.32. The van der Waals surface area contributed by atoms with E-state index in [1.807, 2.05) is 13.0 Å². The maximum absolute atomic E-state index is 13.4. The molecule has 0 aliphatic rings. The number of aliphatic carboxylic acids is 1. The summed E-state index contributed by atoms with van der Waals surface area (Å²) in [7, 11) is 1.53. The summed E-state index contributed by atoms with van der Waals surface area (Å²) in [4.78, 5) is 24.9. The van der Waals surface area contributed by atoms with Crippen molar-refractivity contribution in [2.45, 2.75) is 46.1 Å². The number of carboxylic acid groups (broad SMARTS) is 1. The van der Waals surface area contributed by atoms with Gasteiger partial charge in [0, 0.05) is 11.3 Å². The van der Waals surface area contributed by atoms with E-state index in [-0.39, 0.29) is 17.3 Å². The van der Waals surface area contributed by atoms with E-state index < -0.39 is 12.5 Å². The molecule has 0 saturated heterocycles. The van der Waals surface area contributed by atoms with Crippen LogP contribution in [-0.4, -0.2) is 32.4 Å². The van der Waals surface area contributed by atoms with Gasteiger partial charge >= 0.3 is 5.97 Å². The van der Waals surface area contributed by atoms with Crippen molar-refractivity contribution in [2.24, 2.45) is 0 Å². The predicted molar refractivity (Wildman–Crippen MR) is 112 cm³/mol. The summed E-state index contributed by atoms with van der Waals surface area (Å²) in [6.45, 7) is 5.52. The molecule has 2 heterocycles. The first kappa shape index (κ1) is 20.9. The molecule has 0 unspecified atom stereocenters. The number of carbonyl (C=O) groups is 1. The summed E-state index contributed by atoms with van der Waals surface area (Å²) in [5.74, 6) is -0.175. The van der Waals surface area contributed by atoms with Gasteiger partial charge in [-0.05, 0) is 55.5 Å². The third-order valence-electron chi connectivity index (χ3n) is 5.22. The Morgan fingerprint density at radius 3 is 2.52 bits per heavy atom. The molecular weight excluding hydrogens is 394 g/mol. The highest BCUT2D eigenvalue weighted by Gasteiger charge is 2.23. The lowest BCUT2D eigenvalue weighted by Gasteiger charge is -2.15. The number of carboxylic acids is 1. The Labute approximate surface area is 173 Å². The van der Waals surface area contributed by atoms with Crippen LogP contribution < -0.4 is 10.3 Å². The van der Waals surface area contributed by atoms with Crippen LogP contribution in [0.15, 0.2) is 29.1 Å². The molecule has 3 rings (SSSR count). The Hall–Kier alpha value is -2.80. The Bertz CT molecular complexity index is 1130. The molecule has 0 amide bonds. The van der Waals surface area contributed by atoms with Gasteiger partial charge in [-0.15, -0.1) is 5.10 Å². The first-order valence-electron chi connectivity index (χ1n) is 9.51. The Balaban J connectivity index is 2.38. The van der Waals surface area contributed by atoms with Crippen molar-refractivity contribution in [3.8, 4) is 17.1 Å². The molecule has 7 nitrogen and oxygen atoms in total. The first-order valence-corrected chi connectivity index (χ1v) is 9.88. The summed E-state index contributed by atoms with van der Waals surface area (Å²) >= 11 is 6.40. The van der Waals surface area contributed by atoms with Crippen LogP contribution in [0.1, 0.15) is 43.9 Å². The first-order chi connectivity index (χ1) is 13.8. The Morgan fingerprint density at radius 1 is 1.28 bits per heavy atom. The molecule has 1 N–H and O–H groups in total. The number of aromatic nitrogens is 3. The van der Waals surface area contributed by atoms with Crippen molar-refractivity contribution in [2.75, 3.05) is 7.11 Å². The molecule has 0 atom stereocenters. The van der Waals surface area contributed by atoms with Gasteiger partial charge in [0.05, 0.1) is 12.1 Å². The Kier molecular flexibility index (Phi) is 5.98. The SMILES string of the molecule is CCC(CC)c1cc(C)n2nc(-c3ccc(OC)cc3Cl)n(CC(=O)O)c(=O)c12. The van der Waals surface area contributed by atoms with Gasteiger partial charge in [-0.3, -0.25) is 14.2 Å². The van der Waals surface area contributed by atoms with E-state index in [4.69, 9.17) is 16.3 Å². The van der Waals surface area contributed by atoms with Crippen molar-refractivity contribution in [3.63, 3.8) is 0 Å². The zero-order chi connectivity index (χ0) is 21.3. The molecule has 1 aromatic carbocycles. The van der Waals surface area contributed by atoms with Crippen molar-refractivity contribution < 1.29 is 14.6 Å². The van der Waals surface area contributed by atoms with Crippen molar-refractivity contribution in [1.29, 1.82) is 0 Å². The van der Waals surface area contributed by atoms with E-state index in [2.05, 4.69) is 18.9 Å². The van der Waals surface area contributed by atoms with E-state index >= 15 is 0 Å². The van der Waals surface area contributed by atoms with Crippen LogP contribution >= 0.6 is 11.6 Å². The molecular formula is C21H24ClN3O4. The minimum Gasteiger partial charge on any atom is -0.497 e. The van der Waals surface area contributed by atoms with E-state index in [0.29, 0.717) is 21.9 Å². The number of methoxy groups -OCH3 is 1.